The average Bonchev–Trinajstić information content (AvgIpc) is 3.17. The number of esters is 1. The van der Waals surface area contributed by atoms with E-state index in [1.807, 2.05) is 11.8 Å². The Balaban J connectivity index is 1.50. The van der Waals surface area contributed by atoms with Crippen LogP contribution in [0.2, 0.25) is 0 Å². The van der Waals surface area contributed by atoms with Gasteiger partial charge < -0.3 is 24.6 Å². The maximum atomic E-state index is 13.7. The lowest BCUT2D eigenvalue weighted by Gasteiger charge is -2.34. The molecule has 2 aliphatic heterocycles. The highest BCUT2D eigenvalue weighted by Gasteiger charge is 2.44. The number of likely N-dealkylation sites (N-methyl/N-ethyl adjacent to an activating group) is 1. The summed E-state index contributed by atoms with van der Waals surface area (Å²) in [6, 6.07) is 13.0. The highest BCUT2D eigenvalue weighted by atomic mass is 32.1. The number of ether oxygens (including phenoxy) is 2. The van der Waals surface area contributed by atoms with Crippen LogP contribution in [-0.4, -0.2) is 103 Å². The third-order valence-corrected chi connectivity index (χ3v) is 7.45. The highest BCUT2D eigenvalue weighted by molar-refractivity contribution is 7.80. The van der Waals surface area contributed by atoms with Crippen molar-refractivity contribution in [2.45, 2.75) is 26.3 Å². The van der Waals surface area contributed by atoms with Gasteiger partial charge in [-0.25, -0.2) is 4.79 Å². The Morgan fingerprint density at radius 3 is 2.25 bits per heavy atom. The first kappa shape index (κ1) is 29.4. The second-order valence-corrected chi connectivity index (χ2v) is 10.2. The second kappa shape index (κ2) is 13.7. The molecule has 0 saturated carbocycles. The van der Waals surface area contributed by atoms with Crippen molar-refractivity contribution in [3.63, 3.8) is 0 Å². The van der Waals surface area contributed by atoms with Gasteiger partial charge in [0.1, 0.15) is 11.8 Å². The molecule has 1 atom stereocenters. The molecule has 0 radical (unpaired) electrons. The summed E-state index contributed by atoms with van der Waals surface area (Å²) in [7, 11) is 2.11. The lowest BCUT2D eigenvalue weighted by Crippen LogP contribution is -2.48. The minimum Gasteiger partial charge on any atom is -0.494 e. The first-order chi connectivity index (χ1) is 19.3. The lowest BCUT2D eigenvalue weighted by atomic mass is 10.1. The van der Waals surface area contributed by atoms with Crippen molar-refractivity contribution in [1.29, 1.82) is 0 Å². The summed E-state index contributed by atoms with van der Waals surface area (Å²) in [4.78, 5) is 46.9. The normalized spacial score (nSPS) is 18.2. The van der Waals surface area contributed by atoms with Gasteiger partial charge in [0.15, 0.2) is 5.11 Å². The molecule has 2 saturated heterocycles. The van der Waals surface area contributed by atoms with E-state index < -0.39 is 12.0 Å². The molecule has 2 heterocycles. The van der Waals surface area contributed by atoms with E-state index >= 15 is 0 Å². The number of carbonyl (C=O) groups is 3. The van der Waals surface area contributed by atoms with Crippen molar-refractivity contribution in [2.24, 2.45) is 0 Å². The number of nitrogens with one attached hydrogen (secondary N) is 1. The molecule has 2 aromatic rings. The van der Waals surface area contributed by atoms with Crippen LogP contribution in [0.5, 0.6) is 5.75 Å². The van der Waals surface area contributed by atoms with Crippen molar-refractivity contribution < 1.29 is 23.9 Å². The lowest BCUT2D eigenvalue weighted by molar-refractivity contribution is -0.124. The number of piperazine rings is 1. The third kappa shape index (κ3) is 7.15. The molecule has 10 nitrogen and oxygen atoms in total. The summed E-state index contributed by atoms with van der Waals surface area (Å²) >= 11 is 5.80. The summed E-state index contributed by atoms with van der Waals surface area (Å²) in [5.74, 6) is -0.262. The summed E-state index contributed by atoms with van der Waals surface area (Å²) < 4.78 is 10.5. The zero-order valence-electron chi connectivity index (χ0n) is 23.3. The first-order valence-electron chi connectivity index (χ1n) is 13.7. The molecule has 4 rings (SSSR count). The van der Waals surface area contributed by atoms with Crippen molar-refractivity contribution in [1.82, 2.24) is 14.7 Å². The van der Waals surface area contributed by atoms with E-state index in [0.29, 0.717) is 35.2 Å². The molecule has 1 N–H and O–H groups in total. The van der Waals surface area contributed by atoms with Gasteiger partial charge in [0.25, 0.3) is 5.91 Å². The fraction of sp³-hybridized carbons (Fsp3) is 0.448. The number of anilines is 2. The molecule has 2 aliphatic rings. The van der Waals surface area contributed by atoms with Crippen molar-refractivity contribution in [3.8, 4) is 5.75 Å². The van der Waals surface area contributed by atoms with Gasteiger partial charge in [-0.05, 0) is 81.6 Å². The molecule has 0 spiro atoms. The molecular formula is C29H37N5O5S. The Morgan fingerprint density at radius 2 is 1.62 bits per heavy atom. The molecule has 0 bridgehead atoms. The zero-order valence-corrected chi connectivity index (χ0v) is 24.1. The highest BCUT2D eigenvalue weighted by Crippen LogP contribution is 2.28. The molecule has 214 valence electrons. The number of hydrogen-bond donors (Lipinski definition) is 1. The molecule has 0 aromatic heterocycles. The number of thiocarbonyl (C=S) groups is 1. The standard InChI is InChI=1S/C29H37N5O5S/c1-4-38-24-12-8-22(9-13-24)30-26(35)20-25-27(36)34(23-10-6-21(7-11-23)28(37)39-5-2)29(40)33(25)19-18-32-16-14-31(3)15-17-32/h6-13,25H,4-5,14-20H2,1-3H3,(H,30,35). The van der Waals surface area contributed by atoms with Gasteiger partial charge in [0.05, 0.1) is 30.9 Å². The van der Waals surface area contributed by atoms with Crippen molar-refractivity contribution in [2.75, 3.05) is 69.7 Å². The van der Waals surface area contributed by atoms with E-state index in [0.717, 1.165) is 38.5 Å². The topological polar surface area (TPSA) is 94.7 Å². The Bertz CT molecular complexity index is 1200. The zero-order chi connectivity index (χ0) is 28.6. The summed E-state index contributed by atoms with van der Waals surface area (Å²) in [5.41, 5.74) is 1.56. The number of rotatable bonds is 11. The summed E-state index contributed by atoms with van der Waals surface area (Å²) in [6.45, 7) is 9.58. The number of carbonyl (C=O) groups excluding carboxylic acids is 3. The largest absolute Gasteiger partial charge is 0.494 e. The van der Waals surface area contributed by atoms with Crippen LogP contribution < -0.4 is 15.0 Å². The minimum atomic E-state index is -0.743. The van der Waals surface area contributed by atoms with E-state index in [1.54, 1.807) is 55.5 Å². The Morgan fingerprint density at radius 1 is 0.950 bits per heavy atom. The van der Waals surface area contributed by atoms with E-state index in [2.05, 4.69) is 22.2 Å². The van der Waals surface area contributed by atoms with Crippen LogP contribution >= 0.6 is 12.2 Å². The number of benzene rings is 2. The smallest absolute Gasteiger partial charge is 0.338 e. The Kier molecular flexibility index (Phi) is 10.1. The van der Waals surface area contributed by atoms with Crippen LogP contribution in [0.1, 0.15) is 30.6 Å². The molecule has 2 amide bonds. The number of nitrogens with zero attached hydrogens (tertiary/aromatic N) is 4. The molecule has 0 aliphatic carbocycles. The van der Waals surface area contributed by atoms with Crippen LogP contribution in [0.15, 0.2) is 48.5 Å². The van der Waals surface area contributed by atoms with Gasteiger partial charge in [-0.1, -0.05) is 0 Å². The fourth-order valence-electron chi connectivity index (χ4n) is 4.80. The Labute approximate surface area is 240 Å². The van der Waals surface area contributed by atoms with E-state index in [-0.39, 0.29) is 24.8 Å². The molecule has 40 heavy (non-hydrogen) atoms. The third-order valence-electron chi connectivity index (χ3n) is 7.04. The molecular weight excluding hydrogens is 530 g/mol. The molecule has 1 unspecified atom stereocenters. The minimum absolute atomic E-state index is 0.0493. The summed E-state index contributed by atoms with van der Waals surface area (Å²) in [5, 5.41) is 3.24. The summed E-state index contributed by atoms with van der Waals surface area (Å²) in [6.07, 6.45) is -0.0493. The van der Waals surface area contributed by atoms with Crippen LogP contribution in [0.4, 0.5) is 11.4 Å². The fourth-order valence-corrected chi connectivity index (χ4v) is 5.21. The van der Waals surface area contributed by atoms with Gasteiger partial charge in [-0.3, -0.25) is 19.4 Å². The Hall–Kier alpha value is -3.54. The molecule has 2 aromatic carbocycles. The van der Waals surface area contributed by atoms with Gasteiger partial charge >= 0.3 is 5.97 Å². The predicted octanol–water partition coefficient (Wildman–Crippen LogP) is 2.84. The second-order valence-electron chi connectivity index (χ2n) is 9.79. The van der Waals surface area contributed by atoms with E-state index in [4.69, 9.17) is 21.7 Å². The van der Waals surface area contributed by atoms with E-state index in [9.17, 15) is 14.4 Å². The maximum Gasteiger partial charge on any atom is 0.338 e. The van der Waals surface area contributed by atoms with Crippen LogP contribution in [-0.2, 0) is 14.3 Å². The maximum absolute atomic E-state index is 13.7. The van der Waals surface area contributed by atoms with Gasteiger partial charge in [0.2, 0.25) is 5.91 Å². The SMILES string of the molecule is CCOC(=O)c1ccc(N2C(=O)C(CC(=O)Nc3ccc(OCC)cc3)N(CCN3CCN(C)CC3)C2=S)cc1. The van der Waals surface area contributed by atoms with Crippen molar-refractivity contribution in [3.05, 3.63) is 54.1 Å². The quantitative estimate of drug-likeness (QED) is 0.325. The number of amides is 2. The average molecular weight is 568 g/mol. The van der Waals surface area contributed by atoms with Gasteiger partial charge in [-0.2, -0.15) is 0 Å². The first-order valence-corrected chi connectivity index (χ1v) is 14.1. The number of hydrogen-bond acceptors (Lipinski definition) is 8. The van der Waals surface area contributed by atoms with Gasteiger partial charge in [-0.15, -0.1) is 0 Å². The van der Waals surface area contributed by atoms with E-state index in [1.165, 1.54) is 4.90 Å². The molecule has 11 heteroatoms. The molecule has 2 fully saturated rings. The van der Waals surface area contributed by atoms with Crippen LogP contribution in [0.25, 0.3) is 0 Å². The van der Waals surface area contributed by atoms with Gasteiger partial charge in [0, 0.05) is 45.0 Å². The van der Waals surface area contributed by atoms with Crippen molar-refractivity contribution >= 4 is 46.5 Å². The van der Waals surface area contributed by atoms with Crippen LogP contribution in [0, 0.1) is 0 Å². The van der Waals surface area contributed by atoms with Crippen LogP contribution in [0.3, 0.4) is 0 Å². The monoisotopic (exact) mass is 567 g/mol. The predicted molar refractivity (Wildman–Crippen MR) is 158 cm³/mol.